The van der Waals surface area contributed by atoms with Gasteiger partial charge in [-0.3, -0.25) is 4.79 Å². The SMILES string of the molecule is CSCCn1c(=NC(=O)COc2ccccc2)sc2cc(C)c(C)cc21. The van der Waals surface area contributed by atoms with Crippen LogP contribution in [0.25, 0.3) is 10.2 Å². The standard InChI is InChI=1S/C20H22N2O2S2/c1-14-11-17-18(12-15(14)2)26-20(22(17)9-10-25-3)21-19(23)13-24-16-7-5-4-6-8-16/h4-8,11-12H,9-10,13H2,1-3H3. The van der Waals surface area contributed by atoms with E-state index < -0.39 is 0 Å². The predicted molar refractivity (Wildman–Crippen MR) is 110 cm³/mol. The number of rotatable bonds is 6. The Bertz CT molecular complexity index is 975. The third-order valence-corrected chi connectivity index (χ3v) is 5.78. The molecule has 0 saturated heterocycles. The molecule has 0 saturated carbocycles. The summed E-state index contributed by atoms with van der Waals surface area (Å²) in [5, 5.41) is 0. The molecule has 3 aromatic rings. The van der Waals surface area contributed by atoms with Gasteiger partial charge in [0.05, 0.1) is 10.2 Å². The van der Waals surface area contributed by atoms with Crippen LogP contribution in [-0.2, 0) is 11.3 Å². The molecule has 0 aliphatic carbocycles. The summed E-state index contributed by atoms with van der Waals surface area (Å²) in [6.07, 6.45) is 2.08. The van der Waals surface area contributed by atoms with E-state index in [0.29, 0.717) is 5.75 Å². The van der Waals surface area contributed by atoms with E-state index in [2.05, 4.69) is 41.8 Å². The molecule has 3 rings (SSSR count). The van der Waals surface area contributed by atoms with Gasteiger partial charge in [0.2, 0.25) is 0 Å². The molecule has 0 bridgehead atoms. The van der Waals surface area contributed by atoms with Gasteiger partial charge in [-0.2, -0.15) is 16.8 Å². The summed E-state index contributed by atoms with van der Waals surface area (Å²) in [5.41, 5.74) is 3.64. The zero-order valence-corrected chi connectivity index (χ0v) is 16.8. The number of para-hydroxylation sites is 1. The number of thiazole rings is 1. The van der Waals surface area contributed by atoms with Crippen LogP contribution in [0.4, 0.5) is 0 Å². The number of ether oxygens (including phenoxy) is 1. The van der Waals surface area contributed by atoms with Crippen molar-refractivity contribution in [3.63, 3.8) is 0 Å². The van der Waals surface area contributed by atoms with E-state index in [1.54, 1.807) is 23.1 Å². The molecule has 1 aromatic heterocycles. The van der Waals surface area contributed by atoms with Crippen LogP contribution < -0.4 is 9.54 Å². The molecule has 0 aliphatic rings. The van der Waals surface area contributed by atoms with E-state index in [4.69, 9.17) is 4.74 Å². The molecule has 0 radical (unpaired) electrons. The van der Waals surface area contributed by atoms with Crippen molar-refractivity contribution < 1.29 is 9.53 Å². The first-order valence-electron chi connectivity index (χ1n) is 8.43. The van der Waals surface area contributed by atoms with Crippen molar-refractivity contribution >= 4 is 39.2 Å². The Morgan fingerprint density at radius 3 is 2.65 bits per heavy atom. The van der Waals surface area contributed by atoms with Gasteiger partial charge in [0, 0.05) is 12.3 Å². The highest BCUT2D eigenvalue weighted by molar-refractivity contribution is 7.98. The highest BCUT2D eigenvalue weighted by Gasteiger charge is 2.10. The van der Waals surface area contributed by atoms with Crippen LogP contribution in [0.3, 0.4) is 0 Å². The van der Waals surface area contributed by atoms with Crippen molar-refractivity contribution in [3.8, 4) is 5.75 Å². The van der Waals surface area contributed by atoms with Crippen molar-refractivity contribution in [2.24, 2.45) is 4.99 Å². The van der Waals surface area contributed by atoms with Gasteiger partial charge >= 0.3 is 0 Å². The van der Waals surface area contributed by atoms with Gasteiger partial charge in [-0.05, 0) is 55.5 Å². The second kappa shape index (κ2) is 8.56. The Hall–Kier alpha value is -2.05. The number of carbonyl (C=O) groups excluding carboxylic acids is 1. The summed E-state index contributed by atoms with van der Waals surface area (Å²) in [7, 11) is 0. The first-order valence-corrected chi connectivity index (χ1v) is 10.6. The lowest BCUT2D eigenvalue weighted by atomic mass is 10.1. The highest BCUT2D eigenvalue weighted by atomic mass is 32.2. The Labute approximate surface area is 161 Å². The van der Waals surface area contributed by atoms with E-state index in [1.807, 2.05) is 30.3 Å². The topological polar surface area (TPSA) is 43.6 Å². The van der Waals surface area contributed by atoms with Crippen LogP contribution in [0, 0.1) is 13.8 Å². The van der Waals surface area contributed by atoms with Crippen LogP contribution in [0.1, 0.15) is 11.1 Å². The van der Waals surface area contributed by atoms with Crippen LogP contribution in [-0.4, -0.2) is 29.1 Å². The van der Waals surface area contributed by atoms with Gasteiger partial charge < -0.3 is 9.30 Å². The summed E-state index contributed by atoms with van der Waals surface area (Å²) >= 11 is 3.34. The monoisotopic (exact) mass is 386 g/mol. The number of thioether (sulfide) groups is 1. The van der Waals surface area contributed by atoms with Crippen molar-refractivity contribution in [1.82, 2.24) is 4.57 Å². The maximum Gasteiger partial charge on any atom is 0.286 e. The minimum Gasteiger partial charge on any atom is -0.484 e. The molecular weight excluding hydrogens is 364 g/mol. The zero-order valence-electron chi connectivity index (χ0n) is 15.2. The fourth-order valence-electron chi connectivity index (χ4n) is 2.61. The maximum atomic E-state index is 12.3. The lowest BCUT2D eigenvalue weighted by Crippen LogP contribution is -2.20. The smallest absolute Gasteiger partial charge is 0.286 e. The summed E-state index contributed by atoms with van der Waals surface area (Å²) in [6, 6.07) is 13.7. The molecule has 0 unspecified atom stereocenters. The van der Waals surface area contributed by atoms with Crippen molar-refractivity contribution in [3.05, 3.63) is 58.4 Å². The van der Waals surface area contributed by atoms with Crippen LogP contribution in [0.15, 0.2) is 47.5 Å². The Kier molecular flexibility index (Phi) is 6.16. The Morgan fingerprint density at radius 1 is 1.19 bits per heavy atom. The quantitative estimate of drug-likeness (QED) is 0.638. The van der Waals surface area contributed by atoms with Gasteiger partial charge in [-0.25, -0.2) is 0 Å². The third kappa shape index (κ3) is 4.37. The fraction of sp³-hybridized carbons (Fsp3) is 0.300. The molecule has 6 heteroatoms. The number of hydrogen-bond donors (Lipinski definition) is 0. The van der Waals surface area contributed by atoms with Gasteiger partial charge in [-0.15, -0.1) is 0 Å². The summed E-state index contributed by atoms with van der Waals surface area (Å²) in [6.45, 7) is 4.99. The lowest BCUT2D eigenvalue weighted by molar-refractivity contribution is -0.120. The molecule has 26 heavy (non-hydrogen) atoms. The normalized spacial score (nSPS) is 11.9. The van der Waals surface area contributed by atoms with Crippen molar-refractivity contribution in [2.45, 2.75) is 20.4 Å². The minimum absolute atomic E-state index is 0.0567. The highest BCUT2D eigenvalue weighted by Crippen LogP contribution is 2.22. The molecule has 1 heterocycles. The Balaban J connectivity index is 1.91. The second-order valence-electron chi connectivity index (χ2n) is 6.04. The molecule has 136 valence electrons. The maximum absolute atomic E-state index is 12.3. The number of aromatic nitrogens is 1. The number of aryl methyl sites for hydroxylation is 3. The van der Waals surface area contributed by atoms with Crippen LogP contribution in [0.5, 0.6) is 5.75 Å². The molecule has 0 N–H and O–H groups in total. The largest absolute Gasteiger partial charge is 0.484 e. The van der Waals surface area contributed by atoms with Crippen molar-refractivity contribution in [2.75, 3.05) is 18.6 Å². The number of nitrogens with zero attached hydrogens (tertiary/aromatic N) is 2. The van der Waals surface area contributed by atoms with E-state index in [0.717, 1.165) is 27.3 Å². The van der Waals surface area contributed by atoms with Crippen molar-refractivity contribution in [1.29, 1.82) is 0 Å². The van der Waals surface area contributed by atoms with E-state index >= 15 is 0 Å². The number of amides is 1. The summed E-state index contributed by atoms with van der Waals surface area (Å²) in [4.78, 5) is 17.4. The first-order chi connectivity index (χ1) is 12.6. The molecular formula is C20H22N2O2S2. The predicted octanol–water partition coefficient (Wildman–Crippen LogP) is 4.19. The van der Waals surface area contributed by atoms with E-state index in [-0.39, 0.29) is 12.5 Å². The lowest BCUT2D eigenvalue weighted by Gasteiger charge is -2.06. The molecule has 1 amide bonds. The number of carbonyl (C=O) groups is 1. The Morgan fingerprint density at radius 2 is 1.92 bits per heavy atom. The number of benzene rings is 2. The average molecular weight is 387 g/mol. The second-order valence-corrected chi connectivity index (χ2v) is 8.04. The molecule has 4 nitrogen and oxygen atoms in total. The van der Waals surface area contributed by atoms with E-state index in [1.165, 1.54) is 11.1 Å². The molecule has 0 spiro atoms. The zero-order chi connectivity index (χ0) is 18.5. The molecule has 2 aromatic carbocycles. The van der Waals surface area contributed by atoms with Gasteiger partial charge in [0.1, 0.15) is 5.75 Å². The molecule has 0 aliphatic heterocycles. The average Bonchev–Trinajstić information content (AvgIpc) is 2.95. The van der Waals surface area contributed by atoms with Gasteiger partial charge in [0.25, 0.3) is 5.91 Å². The summed E-state index contributed by atoms with van der Waals surface area (Å²) in [5.74, 6) is 1.38. The van der Waals surface area contributed by atoms with Crippen LogP contribution >= 0.6 is 23.1 Å². The number of hydrogen-bond acceptors (Lipinski definition) is 4. The fourth-order valence-corrected chi connectivity index (χ4v) is 4.12. The first kappa shape index (κ1) is 18.7. The van der Waals surface area contributed by atoms with Gasteiger partial charge in [-0.1, -0.05) is 29.5 Å². The van der Waals surface area contributed by atoms with Crippen LogP contribution in [0.2, 0.25) is 0 Å². The summed E-state index contributed by atoms with van der Waals surface area (Å²) < 4.78 is 8.82. The minimum atomic E-state index is -0.272. The molecule has 0 fully saturated rings. The van der Waals surface area contributed by atoms with Gasteiger partial charge in [0.15, 0.2) is 11.4 Å². The third-order valence-electron chi connectivity index (χ3n) is 4.14. The molecule has 0 atom stereocenters. The number of fused-ring (bicyclic) bond motifs is 1. The van der Waals surface area contributed by atoms with E-state index in [9.17, 15) is 4.79 Å².